The van der Waals surface area contributed by atoms with Crippen molar-refractivity contribution in [1.82, 2.24) is 15.4 Å². The van der Waals surface area contributed by atoms with Gasteiger partial charge in [-0.1, -0.05) is 42.5 Å². The summed E-state index contributed by atoms with van der Waals surface area (Å²) in [6.07, 6.45) is 0.945. The maximum Gasteiger partial charge on any atom is 0.314 e. The Kier molecular flexibility index (Phi) is 8.85. The Labute approximate surface area is 195 Å². The van der Waals surface area contributed by atoms with Crippen LogP contribution in [0.4, 0.5) is 4.79 Å². The van der Waals surface area contributed by atoms with E-state index < -0.39 is 22.2 Å². The van der Waals surface area contributed by atoms with E-state index in [4.69, 9.17) is 4.74 Å². The summed E-state index contributed by atoms with van der Waals surface area (Å²) in [5.41, 5.74) is 1.94. The first-order valence-electron chi connectivity index (χ1n) is 11.3. The van der Waals surface area contributed by atoms with Gasteiger partial charge in [-0.05, 0) is 56.4 Å². The van der Waals surface area contributed by atoms with Crippen molar-refractivity contribution in [3.63, 3.8) is 0 Å². The number of carbonyl (C=O) groups is 1. The topological polar surface area (TPSA) is 117 Å². The van der Waals surface area contributed by atoms with Crippen LogP contribution in [0.3, 0.4) is 0 Å². The number of rotatable bonds is 9. The second kappa shape index (κ2) is 11.6. The fraction of sp³-hybridized carbons (Fsp3) is 0.458. The molecule has 1 aliphatic rings. The Hall–Kier alpha value is -2.46. The number of nitrogens with one attached hydrogen (secondary N) is 3. The van der Waals surface area contributed by atoms with Crippen LogP contribution in [0.25, 0.3) is 11.1 Å². The molecule has 1 fully saturated rings. The molecule has 1 heterocycles. The second-order valence-corrected chi connectivity index (χ2v) is 10.2. The maximum atomic E-state index is 12.9. The lowest BCUT2D eigenvalue weighted by Gasteiger charge is -2.36. The number of sulfonamides is 1. The van der Waals surface area contributed by atoms with Crippen LogP contribution in [0, 0.1) is 0 Å². The van der Waals surface area contributed by atoms with Crippen molar-refractivity contribution in [1.29, 1.82) is 0 Å². The molecule has 2 aromatic carbocycles. The van der Waals surface area contributed by atoms with E-state index in [-0.39, 0.29) is 29.7 Å². The van der Waals surface area contributed by atoms with Gasteiger partial charge in [0.1, 0.15) is 0 Å². The molecule has 2 aromatic rings. The van der Waals surface area contributed by atoms with Gasteiger partial charge in [0.15, 0.2) is 0 Å². The number of benzene rings is 2. The molecular weight excluding hydrogens is 442 g/mol. The molecule has 8 nitrogen and oxygen atoms in total. The van der Waals surface area contributed by atoms with Crippen LogP contribution in [-0.2, 0) is 14.8 Å². The van der Waals surface area contributed by atoms with Gasteiger partial charge < -0.3 is 20.5 Å². The van der Waals surface area contributed by atoms with Crippen LogP contribution in [-0.4, -0.2) is 57.0 Å². The van der Waals surface area contributed by atoms with E-state index >= 15 is 0 Å². The lowest BCUT2D eigenvalue weighted by atomic mass is 9.98. The summed E-state index contributed by atoms with van der Waals surface area (Å²) >= 11 is 0. The van der Waals surface area contributed by atoms with Gasteiger partial charge in [0.25, 0.3) is 0 Å². The molecule has 0 unspecified atom stereocenters. The molecule has 0 aromatic heterocycles. The first kappa shape index (κ1) is 25.2. The van der Waals surface area contributed by atoms with Crippen LogP contribution >= 0.6 is 0 Å². The maximum absolute atomic E-state index is 12.9. The van der Waals surface area contributed by atoms with E-state index in [9.17, 15) is 18.3 Å². The minimum atomic E-state index is -3.77. The summed E-state index contributed by atoms with van der Waals surface area (Å²) < 4.78 is 34.5. The van der Waals surface area contributed by atoms with Crippen LogP contribution in [0.2, 0.25) is 0 Å². The summed E-state index contributed by atoms with van der Waals surface area (Å²) in [6.45, 7) is 3.91. The molecule has 33 heavy (non-hydrogen) atoms. The van der Waals surface area contributed by atoms with Gasteiger partial charge in [-0.3, -0.25) is 0 Å². The van der Waals surface area contributed by atoms with E-state index in [2.05, 4.69) is 15.4 Å². The number of aliphatic hydroxyl groups excluding tert-OH is 1. The van der Waals surface area contributed by atoms with Crippen LogP contribution in [0.15, 0.2) is 59.5 Å². The number of hydrogen-bond donors (Lipinski definition) is 4. The average molecular weight is 476 g/mol. The highest BCUT2D eigenvalue weighted by Gasteiger charge is 2.33. The molecule has 0 aliphatic carbocycles. The predicted octanol–water partition coefficient (Wildman–Crippen LogP) is 2.64. The molecule has 0 saturated carbocycles. The Morgan fingerprint density at radius 1 is 1.06 bits per heavy atom. The molecule has 2 amide bonds. The average Bonchev–Trinajstić information content (AvgIpc) is 2.80. The Balaban J connectivity index is 1.55. The lowest BCUT2D eigenvalue weighted by molar-refractivity contribution is -0.0871. The molecule has 0 spiro atoms. The molecule has 3 rings (SSSR count). The minimum absolute atomic E-state index is 0.0537. The van der Waals surface area contributed by atoms with Crippen LogP contribution in [0.1, 0.15) is 33.1 Å². The largest absolute Gasteiger partial charge is 0.394 e. The van der Waals surface area contributed by atoms with Crippen molar-refractivity contribution in [3.05, 3.63) is 54.6 Å². The quantitative estimate of drug-likeness (QED) is 0.445. The van der Waals surface area contributed by atoms with E-state index in [0.717, 1.165) is 11.1 Å². The first-order chi connectivity index (χ1) is 15.8. The molecule has 0 bridgehead atoms. The third-order valence-corrected chi connectivity index (χ3v) is 7.05. The molecular formula is C24H33N3O5S. The summed E-state index contributed by atoms with van der Waals surface area (Å²) in [6, 6.07) is 15.8. The van der Waals surface area contributed by atoms with Gasteiger partial charge >= 0.3 is 6.03 Å². The van der Waals surface area contributed by atoms with Crippen molar-refractivity contribution < 1.29 is 23.1 Å². The number of aliphatic hydroxyl groups is 1. The summed E-state index contributed by atoms with van der Waals surface area (Å²) in [5.74, 6) is 0. The SMILES string of the molecule is CC(C)NC(=O)NCC[C@H]1CC[C@H](NS(=O)(=O)c2ccc(-c3ccccc3)cc2)[C@H](CO)O1. The molecule has 4 N–H and O–H groups in total. The predicted molar refractivity (Wildman–Crippen MR) is 127 cm³/mol. The van der Waals surface area contributed by atoms with Gasteiger partial charge in [-0.15, -0.1) is 0 Å². The molecule has 180 valence electrons. The number of carbonyl (C=O) groups excluding carboxylic acids is 1. The Morgan fingerprint density at radius 2 is 1.73 bits per heavy atom. The summed E-state index contributed by atoms with van der Waals surface area (Å²) in [5, 5.41) is 15.3. The third-order valence-electron chi connectivity index (χ3n) is 5.55. The third kappa shape index (κ3) is 7.26. The zero-order chi connectivity index (χ0) is 23.8. The summed E-state index contributed by atoms with van der Waals surface area (Å²) in [7, 11) is -3.77. The highest BCUT2D eigenvalue weighted by atomic mass is 32.2. The van der Waals surface area contributed by atoms with Crippen molar-refractivity contribution in [2.75, 3.05) is 13.2 Å². The van der Waals surface area contributed by atoms with E-state index in [1.807, 2.05) is 44.2 Å². The van der Waals surface area contributed by atoms with Crippen molar-refractivity contribution in [2.24, 2.45) is 0 Å². The Morgan fingerprint density at radius 3 is 2.36 bits per heavy atom. The Bertz CT molecular complexity index is 997. The monoisotopic (exact) mass is 475 g/mol. The van der Waals surface area contributed by atoms with E-state index in [0.29, 0.717) is 25.8 Å². The van der Waals surface area contributed by atoms with Crippen molar-refractivity contribution in [3.8, 4) is 11.1 Å². The zero-order valence-corrected chi connectivity index (χ0v) is 19.8. The summed E-state index contributed by atoms with van der Waals surface area (Å²) in [4.78, 5) is 11.8. The smallest absolute Gasteiger partial charge is 0.314 e. The molecule has 1 saturated heterocycles. The van der Waals surface area contributed by atoms with Crippen LogP contribution < -0.4 is 15.4 Å². The zero-order valence-electron chi connectivity index (χ0n) is 19.0. The van der Waals surface area contributed by atoms with Gasteiger partial charge in [0.05, 0.1) is 29.8 Å². The highest BCUT2D eigenvalue weighted by Crippen LogP contribution is 2.25. The normalized spacial score (nSPS) is 21.0. The van der Waals surface area contributed by atoms with Gasteiger partial charge in [0, 0.05) is 12.6 Å². The standard InChI is InChI=1S/C24H33N3O5S/c1-17(2)26-24(29)25-15-14-20-10-13-22(23(16-28)32-20)27-33(30,31)21-11-8-19(9-12-21)18-6-4-3-5-7-18/h3-9,11-12,17,20,22-23,27-28H,10,13-16H2,1-2H3,(H2,25,26,29)/t20-,22+,23+/m1/s1. The molecule has 1 aliphatic heterocycles. The number of hydrogen-bond acceptors (Lipinski definition) is 5. The lowest BCUT2D eigenvalue weighted by Crippen LogP contribution is -2.51. The van der Waals surface area contributed by atoms with Crippen molar-refractivity contribution >= 4 is 16.1 Å². The number of ether oxygens (including phenoxy) is 1. The van der Waals surface area contributed by atoms with E-state index in [1.165, 1.54) is 0 Å². The molecule has 3 atom stereocenters. The first-order valence-corrected chi connectivity index (χ1v) is 12.8. The number of urea groups is 1. The second-order valence-electron chi connectivity index (χ2n) is 8.52. The van der Waals surface area contributed by atoms with Gasteiger partial charge in [-0.25, -0.2) is 17.9 Å². The fourth-order valence-corrected chi connectivity index (χ4v) is 5.16. The fourth-order valence-electron chi connectivity index (χ4n) is 3.86. The van der Waals surface area contributed by atoms with Crippen molar-refractivity contribution in [2.45, 2.75) is 62.3 Å². The molecule has 0 radical (unpaired) electrons. The van der Waals surface area contributed by atoms with Gasteiger partial charge in [0.2, 0.25) is 10.0 Å². The number of amides is 2. The van der Waals surface area contributed by atoms with Crippen LogP contribution in [0.5, 0.6) is 0 Å². The van der Waals surface area contributed by atoms with Gasteiger partial charge in [-0.2, -0.15) is 0 Å². The molecule has 9 heteroatoms. The highest BCUT2D eigenvalue weighted by molar-refractivity contribution is 7.89. The van der Waals surface area contributed by atoms with E-state index in [1.54, 1.807) is 24.3 Å². The minimum Gasteiger partial charge on any atom is -0.394 e.